The monoisotopic (exact) mass is 307 g/mol. The minimum absolute atomic E-state index is 0.0250. The molecule has 0 spiro atoms. The number of para-hydroxylation sites is 1. The lowest BCUT2D eigenvalue weighted by atomic mass is 10.1. The molecule has 0 saturated heterocycles. The molecular formula is C15H12F3N3O. The highest BCUT2D eigenvalue weighted by Crippen LogP contribution is 2.27. The summed E-state index contributed by atoms with van der Waals surface area (Å²) >= 11 is 0. The second-order valence-electron chi connectivity index (χ2n) is 4.88. The molecule has 1 aliphatic rings. The van der Waals surface area contributed by atoms with Crippen LogP contribution in [0.5, 0.6) is 0 Å². The molecule has 0 radical (unpaired) electrons. The molecule has 22 heavy (non-hydrogen) atoms. The van der Waals surface area contributed by atoms with Crippen LogP contribution in [0.25, 0.3) is 10.9 Å². The number of nitrogens with one attached hydrogen (secondary N) is 1. The van der Waals surface area contributed by atoms with Gasteiger partial charge >= 0.3 is 6.18 Å². The van der Waals surface area contributed by atoms with Crippen LogP contribution in [0.15, 0.2) is 53.4 Å². The summed E-state index contributed by atoms with van der Waals surface area (Å²) in [5.41, 5.74) is 1.86. The fourth-order valence-electron chi connectivity index (χ4n) is 2.28. The highest BCUT2D eigenvalue weighted by Gasteiger charge is 2.38. The number of nitrogens with zero attached hydrogens (tertiary/aromatic N) is 2. The normalized spacial score (nSPS) is 17.9. The smallest absolute Gasteiger partial charge is 0.314 e. The third-order valence-electron chi connectivity index (χ3n) is 3.30. The van der Waals surface area contributed by atoms with Crippen LogP contribution < -0.4 is 11.0 Å². The van der Waals surface area contributed by atoms with Gasteiger partial charge in [0.25, 0.3) is 5.56 Å². The van der Waals surface area contributed by atoms with Crippen molar-refractivity contribution in [3.8, 4) is 0 Å². The Morgan fingerprint density at radius 3 is 2.68 bits per heavy atom. The maximum absolute atomic E-state index is 13.2. The minimum Gasteiger partial charge on any atom is -0.314 e. The van der Waals surface area contributed by atoms with E-state index in [1.807, 2.05) is 6.08 Å². The van der Waals surface area contributed by atoms with Gasteiger partial charge in [-0.3, -0.25) is 4.79 Å². The Balaban J connectivity index is 2.17. The first-order valence-corrected chi connectivity index (χ1v) is 6.65. The van der Waals surface area contributed by atoms with E-state index in [4.69, 9.17) is 0 Å². The zero-order chi connectivity index (χ0) is 15.7. The van der Waals surface area contributed by atoms with Crippen LogP contribution in [0.1, 0.15) is 12.2 Å². The second-order valence-corrected chi connectivity index (χ2v) is 4.88. The van der Waals surface area contributed by atoms with Gasteiger partial charge in [0, 0.05) is 0 Å². The Labute approximate surface area is 123 Å². The fraction of sp³-hybridized carbons (Fsp3) is 0.200. The molecule has 1 aromatic heterocycles. The quantitative estimate of drug-likeness (QED) is 0.928. The lowest BCUT2D eigenvalue weighted by Crippen LogP contribution is -2.40. The van der Waals surface area contributed by atoms with Gasteiger partial charge < -0.3 is 5.43 Å². The van der Waals surface area contributed by atoms with Gasteiger partial charge in [-0.25, -0.2) is 4.98 Å². The van der Waals surface area contributed by atoms with Crippen LogP contribution in [0.3, 0.4) is 0 Å². The molecule has 7 heteroatoms. The van der Waals surface area contributed by atoms with E-state index in [-0.39, 0.29) is 10.9 Å². The van der Waals surface area contributed by atoms with Crippen molar-refractivity contribution in [2.45, 2.75) is 18.6 Å². The largest absolute Gasteiger partial charge is 0.451 e. The first-order valence-electron chi connectivity index (χ1n) is 6.65. The average molecular weight is 307 g/mol. The van der Waals surface area contributed by atoms with Crippen LogP contribution in [-0.2, 0) is 6.18 Å². The zero-order valence-corrected chi connectivity index (χ0v) is 11.3. The number of fused-ring (bicyclic) bond motifs is 1. The molecule has 1 N–H and O–H groups in total. The summed E-state index contributed by atoms with van der Waals surface area (Å²) in [5.74, 6) is -1.25. The third kappa shape index (κ3) is 2.61. The van der Waals surface area contributed by atoms with Crippen molar-refractivity contribution >= 4 is 10.9 Å². The SMILES string of the molecule is O=c1c2ccccc2nc(C(F)(F)F)n1NC1C=CC=CC1. The molecule has 0 bridgehead atoms. The lowest BCUT2D eigenvalue weighted by molar-refractivity contribution is -0.147. The number of aromatic nitrogens is 2. The summed E-state index contributed by atoms with van der Waals surface area (Å²) in [7, 11) is 0. The molecule has 0 amide bonds. The lowest BCUT2D eigenvalue weighted by Gasteiger charge is -2.21. The highest BCUT2D eigenvalue weighted by atomic mass is 19.4. The fourth-order valence-corrected chi connectivity index (χ4v) is 2.28. The van der Waals surface area contributed by atoms with E-state index in [0.717, 1.165) is 0 Å². The molecule has 1 unspecified atom stereocenters. The third-order valence-corrected chi connectivity index (χ3v) is 3.30. The van der Waals surface area contributed by atoms with Crippen molar-refractivity contribution in [1.82, 2.24) is 9.66 Å². The Morgan fingerprint density at radius 2 is 2.00 bits per heavy atom. The Kier molecular flexibility index (Phi) is 3.48. The zero-order valence-electron chi connectivity index (χ0n) is 11.3. The van der Waals surface area contributed by atoms with Gasteiger partial charge in [0.1, 0.15) is 0 Å². The number of rotatable bonds is 2. The minimum atomic E-state index is -4.73. The summed E-state index contributed by atoms with van der Waals surface area (Å²) in [6.07, 6.45) is 2.78. The van der Waals surface area contributed by atoms with Gasteiger partial charge in [0.05, 0.1) is 16.9 Å². The second kappa shape index (κ2) is 5.32. The Morgan fingerprint density at radius 1 is 1.23 bits per heavy atom. The van der Waals surface area contributed by atoms with E-state index < -0.39 is 23.6 Å². The summed E-state index contributed by atoms with van der Waals surface area (Å²) in [6.45, 7) is 0. The van der Waals surface area contributed by atoms with Crippen molar-refractivity contribution in [3.05, 3.63) is 64.7 Å². The van der Waals surface area contributed by atoms with E-state index >= 15 is 0 Å². The van der Waals surface area contributed by atoms with Crippen molar-refractivity contribution in [3.63, 3.8) is 0 Å². The standard InChI is InChI=1S/C15H12F3N3O/c16-15(17,18)14-19-12-9-5-4-8-11(12)13(22)21(14)20-10-6-2-1-3-7-10/h1-6,8-10,20H,7H2. The molecule has 4 nitrogen and oxygen atoms in total. The van der Waals surface area contributed by atoms with Crippen LogP contribution in [-0.4, -0.2) is 15.7 Å². The molecule has 1 aromatic carbocycles. The maximum atomic E-state index is 13.2. The predicted molar refractivity (Wildman–Crippen MR) is 77.1 cm³/mol. The van der Waals surface area contributed by atoms with Crippen molar-refractivity contribution in [2.75, 3.05) is 5.43 Å². The number of hydrogen-bond donors (Lipinski definition) is 1. The number of benzene rings is 1. The molecule has 0 saturated carbocycles. The molecule has 1 aliphatic carbocycles. The van der Waals surface area contributed by atoms with Gasteiger partial charge in [-0.05, 0) is 18.6 Å². The average Bonchev–Trinajstić information content (AvgIpc) is 2.50. The number of allylic oxidation sites excluding steroid dienone is 2. The molecule has 0 aliphatic heterocycles. The van der Waals surface area contributed by atoms with E-state index in [1.54, 1.807) is 30.4 Å². The van der Waals surface area contributed by atoms with Crippen LogP contribution in [0.2, 0.25) is 0 Å². The van der Waals surface area contributed by atoms with Crippen molar-refractivity contribution in [1.29, 1.82) is 0 Å². The highest BCUT2D eigenvalue weighted by molar-refractivity contribution is 5.77. The van der Waals surface area contributed by atoms with Gasteiger partial charge in [-0.15, -0.1) is 0 Å². The summed E-state index contributed by atoms with van der Waals surface area (Å²) in [6, 6.07) is 5.58. The topological polar surface area (TPSA) is 46.9 Å². The van der Waals surface area contributed by atoms with Gasteiger partial charge in [-0.1, -0.05) is 36.4 Å². The van der Waals surface area contributed by atoms with E-state index in [1.165, 1.54) is 12.1 Å². The molecule has 3 rings (SSSR count). The first-order chi connectivity index (χ1) is 10.5. The van der Waals surface area contributed by atoms with Crippen molar-refractivity contribution in [2.24, 2.45) is 0 Å². The van der Waals surface area contributed by atoms with E-state index in [0.29, 0.717) is 11.1 Å². The molecule has 1 heterocycles. The summed E-state index contributed by atoms with van der Waals surface area (Å²) in [5, 5.41) is 0.137. The number of hydrogen-bond acceptors (Lipinski definition) is 3. The van der Waals surface area contributed by atoms with Crippen LogP contribution in [0, 0.1) is 0 Å². The van der Waals surface area contributed by atoms with E-state index in [2.05, 4.69) is 10.4 Å². The van der Waals surface area contributed by atoms with E-state index in [9.17, 15) is 18.0 Å². The maximum Gasteiger partial charge on any atom is 0.451 e. The predicted octanol–water partition coefficient (Wildman–Crippen LogP) is 2.84. The molecule has 2 aromatic rings. The summed E-state index contributed by atoms with van der Waals surface area (Å²) in [4.78, 5) is 16.0. The van der Waals surface area contributed by atoms with Crippen LogP contribution >= 0.6 is 0 Å². The summed E-state index contributed by atoms with van der Waals surface area (Å²) < 4.78 is 40.1. The Hall–Kier alpha value is -2.57. The number of halogens is 3. The Bertz CT molecular complexity index is 821. The molecular weight excluding hydrogens is 295 g/mol. The van der Waals surface area contributed by atoms with Gasteiger partial charge in [0.15, 0.2) is 0 Å². The first kappa shape index (κ1) is 14.4. The van der Waals surface area contributed by atoms with Crippen LogP contribution in [0.4, 0.5) is 13.2 Å². The number of alkyl halides is 3. The molecule has 0 fully saturated rings. The van der Waals surface area contributed by atoms with Gasteiger partial charge in [-0.2, -0.15) is 17.8 Å². The van der Waals surface area contributed by atoms with Crippen molar-refractivity contribution < 1.29 is 13.2 Å². The van der Waals surface area contributed by atoms with Gasteiger partial charge in [0.2, 0.25) is 5.82 Å². The molecule has 114 valence electrons. The molecule has 1 atom stereocenters.